The summed E-state index contributed by atoms with van der Waals surface area (Å²) in [6, 6.07) is 3.87. The first kappa shape index (κ1) is 16.0. The number of hydrogen-bond acceptors (Lipinski definition) is 3. The van der Waals surface area contributed by atoms with Crippen molar-refractivity contribution in [2.75, 3.05) is 6.54 Å². The summed E-state index contributed by atoms with van der Waals surface area (Å²) in [5, 5.41) is 13.9. The third-order valence-corrected chi connectivity index (χ3v) is 4.24. The highest BCUT2D eigenvalue weighted by molar-refractivity contribution is 6.31. The molecule has 1 aliphatic rings. The van der Waals surface area contributed by atoms with Gasteiger partial charge in [0.2, 0.25) is 0 Å². The fourth-order valence-corrected chi connectivity index (χ4v) is 3.20. The number of rotatable bonds is 4. The molecule has 1 amide bonds. The van der Waals surface area contributed by atoms with E-state index in [4.69, 9.17) is 23.2 Å². The zero-order valence-electron chi connectivity index (χ0n) is 11.4. The summed E-state index contributed by atoms with van der Waals surface area (Å²) >= 11 is 11.9. The predicted octanol–water partition coefficient (Wildman–Crippen LogP) is 3.78. The first-order valence-corrected chi connectivity index (χ1v) is 7.64. The topological polar surface area (TPSA) is 72.2 Å². The molecule has 0 aliphatic heterocycles. The summed E-state index contributed by atoms with van der Waals surface area (Å²) in [5.74, 6) is 0.0108. The second kappa shape index (κ2) is 7.09. The van der Waals surface area contributed by atoms with E-state index in [-0.39, 0.29) is 27.6 Å². The zero-order chi connectivity index (χ0) is 15.4. The maximum absolute atomic E-state index is 12.1. The van der Waals surface area contributed by atoms with Gasteiger partial charge in [-0.1, -0.05) is 18.0 Å². The van der Waals surface area contributed by atoms with Crippen LogP contribution in [0.1, 0.15) is 36.0 Å². The van der Waals surface area contributed by atoms with E-state index in [9.17, 15) is 14.9 Å². The Morgan fingerprint density at radius 3 is 2.81 bits per heavy atom. The van der Waals surface area contributed by atoms with Crippen LogP contribution in [0.25, 0.3) is 0 Å². The summed E-state index contributed by atoms with van der Waals surface area (Å²) in [4.78, 5) is 22.3. The number of nitro benzene ring substituents is 1. The van der Waals surface area contributed by atoms with E-state index in [2.05, 4.69) is 5.32 Å². The lowest BCUT2D eigenvalue weighted by atomic mass is 9.89. The monoisotopic (exact) mass is 330 g/mol. The molecule has 2 rings (SSSR count). The van der Waals surface area contributed by atoms with Crippen molar-refractivity contribution in [3.8, 4) is 0 Å². The number of hydrogen-bond donors (Lipinski definition) is 1. The van der Waals surface area contributed by atoms with Gasteiger partial charge in [-0.25, -0.2) is 0 Å². The van der Waals surface area contributed by atoms with Crippen molar-refractivity contribution in [2.24, 2.45) is 5.92 Å². The van der Waals surface area contributed by atoms with Crippen LogP contribution >= 0.6 is 23.2 Å². The van der Waals surface area contributed by atoms with Crippen molar-refractivity contribution in [3.05, 3.63) is 38.9 Å². The third kappa shape index (κ3) is 4.58. The Hall–Kier alpha value is -1.33. The lowest BCUT2D eigenvalue weighted by Gasteiger charge is -2.25. The fourth-order valence-electron chi connectivity index (χ4n) is 2.56. The molecule has 0 heterocycles. The van der Waals surface area contributed by atoms with Crippen molar-refractivity contribution in [1.29, 1.82) is 0 Å². The van der Waals surface area contributed by atoms with Gasteiger partial charge in [0.05, 0.1) is 4.92 Å². The number of carbonyl (C=O) groups excluding carboxylic acids is 1. The molecule has 0 radical (unpaired) electrons. The van der Waals surface area contributed by atoms with E-state index >= 15 is 0 Å². The molecule has 1 fully saturated rings. The van der Waals surface area contributed by atoms with Crippen LogP contribution in [0.5, 0.6) is 0 Å². The Morgan fingerprint density at radius 1 is 1.38 bits per heavy atom. The second-order valence-electron chi connectivity index (χ2n) is 5.30. The number of nitrogens with one attached hydrogen (secondary N) is 1. The number of amides is 1. The summed E-state index contributed by atoms with van der Waals surface area (Å²) in [6.07, 6.45) is 4.01. The molecule has 0 spiro atoms. The summed E-state index contributed by atoms with van der Waals surface area (Å²) < 4.78 is 0. The van der Waals surface area contributed by atoms with Crippen molar-refractivity contribution in [3.63, 3.8) is 0 Å². The minimum Gasteiger partial charge on any atom is -0.352 e. The maximum atomic E-state index is 12.1. The highest BCUT2D eigenvalue weighted by Gasteiger charge is 2.21. The number of nitrogens with zero attached hydrogens (tertiary/aromatic N) is 1. The van der Waals surface area contributed by atoms with Gasteiger partial charge in [-0.15, -0.1) is 11.6 Å². The lowest BCUT2D eigenvalue weighted by molar-refractivity contribution is -0.384. The van der Waals surface area contributed by atoms with Crippen LogP contribution in [0.15, 0.2) is 18.2 Å². The third-order valence-electron chi connectivity index (χ3n) is 3.63. The maximum Gasteiger partial charge on any atom is 0.271 e. The lowest BCUT2D eigenvalue weighted by Crippen LogP contribution is -2.32. The Bertz CT molecular complexity index is 551. The molecule has 0 aromatic heterocycles. The van der Waals surface area contributed by atoms with Gasteiger partial charge in [0, 0.05) is 34.6 Å². The molecule has 21 heavy (non-hydrogen) atoms. The van der Waals surface area contributed by atoms with Crippen LogP contribution < -0.4 is 5.32 Å². The van der Waals surface area contributed by atoms with Crippen LogP contribution in [0.4, 0.5) is 5.69 Å². The first-order chi connectivity index (χ1) is 9.95. The predicted molar refractivity (Wildman–Crippen MR) is 82.0 cm³/mol. The minimum absolute atomic E-state index is 0.174. The van der Waals surface area contributed by atoms with E-state index in [0.29, 0.717) is 12.5 Å². The van der Waals surface area contributed by atoms with Gasteiger partial charge in [0.1, 0.15) is 0 Å². The van der Waals surface area contributed by atoms with E-state index < -0.39 is 4.92 Å². The molecular weight excluding hydrogens is 315 g/mol. The smallest absolute Gasteiger partial charge is 0.271 e. The Labute approximate surface area is 132 Å². The minimum atomic E-state index is -0.568. The van der Waals surface area contributed by atoms with E-state index in [1.165, 1.54) is 18.2 Å². The van der Waals surface area contributed by atoms with E-state index in [0.717, 1.165) is 25.7 Å². The molecular formula is C14H16Cl2N2O3. The molecule has 1 aromatic rings. The molecule has 1 aromatic carbocycles. The summed E-state index contributed by atoms with van der Waals surface area (Å²) in [5.41, 5.74) is 0.0126. The van der Waals surface area contributed by atoms with Gasteiger partial charge in [0.25, 0.3) is 11.6 Å². The van der Waals surface area contributed by atoms with Crippen LogP contribution in [0.3, 0.4) is 0 Å². The van der Waals surface area contributed by atoms with Crippen molar-refractivity contribution in [1.82, 2.24) is 5.32 Å². The molecule has 5 nitrogen and oxygen atoms in total. The summed E-state index contributed by atoms with van der Waals surface area (Å²) in [6.45, 7) is 0.530. The number of halogens is 2. The largest absolute Gasteiger partial charge is 0.352 e. The van der Waals surface area contributed by atoms with Gasteiger partial charge in [-0.2, -0.15) is 0 Å². The quantitative estimate of drug-likeness (QED) is 0.518. The van der Waals surface area contributed by atoms with Gasteiger partial charge in [-0.05, 0) is 31.2 Å². The second-order valence-corrected chi connectivity index (χ2v) is 6.35. The Balaban J connectivity index is 1.98. The number of nitro groups is 1. The fraction of sp³-hybridized carbons (Fsp3) is 0.500. The summed E-state index contributed by atoms with van der Waals surface area (Å²) in [7, 11) is 0. The molecule has 7 heteroatoms. The highest BCUT2D eigenvalue weighted by Crippen LogP contribution is 2.27. The molecule has 2 atom stereocenters. The number of carbonyl (C=O) groups is 1. The van der Waals surface area contributed by atoms with Crippen molar-refractivity contribution in [2.45, 2.75) is 31.1 Å². The van der Waals surface area contributed by atoms with Crippen LogP contribution in [-0.2, 0) is 0 Å². The van der Waals surface area contributed by atoms with Crippen LogP contribution in [-0.4, -0.2) is 22.8 Å². The molecule has 1 saturated carbocycles. The van der Waals surface area contributed by atoms with E-state index in [1.807, 2.05) is 0 Å². The van der Waals surface area contributed by atoms with E-state index in [1.54, 1.807) is 0 Å². The molecule has 0 bridgehead atoms. The molecule has 1 N–H and O–H groups in total. The highest BCUT2D eigenvalue weighted by atomic mass is 35.5. The van der Waals surface area contributed by atoms with Crippen LogP contribution in [0.2, 0.25) is 5.02 Å². The normalized spacial score (nSPS) is 21.8. The van der Waals surface area contributed by atoms with Crippen LogP contribution in [0, 0.1) is 16.0 Å². The van der Waals surface area contributed by atoms with Gasteiger partial charge in [0.15, 0.2) is 0 Å². The number of alkyl halides is 1. The first-order valence-electron chi connectivity index (χ1n) is 6.83. The SMILES string of the molecule is O=C(NCC1CCCC(Cl)C1)c1cc(Cl)cc([N+](=O)[O-])c1. The standard InChI is InChI=1S/C14H16Cl2N2O3/c15-11-3-1-2-9(4-11)8-17-14(19)10-5-12(16)7-13(6-10)18(20)21/h5-7,9,11H,1-4,8H2,(H,17,19). The molecule has 0 saturated heterocycles. The zero-order valence-corrected chi connectivity index (χ0v) is 12.9. The van der Waals surface area contributed by atoms with Crippen molar-refractivity contribution >= 4 is 34.8 Å². The average molecular weight is 331 g/mol. The number of non-ortho nitro benzene ring substituents is 1. The van der Waals surface area contributed by atoms with Gasteiger partial charge < -0.3 is 5.32 Å². The van der Waals surface area contributed by atoms with Crippen molar-refractivity contribution < 1.29 is 9.72 Å². The molecule has 2 unspecified atom stereocenters. The molecule has 114 valence electrons. The Morgan fingerprint density at radius 2 is 2.14 bits per heavy atom. The average Bonchev–Trinajstić information content (AvgIpc) is 2.44. The van der Waals surface area contributed by atoms with Gasteiger partial charge in [-0.3, -0.25) is 14.9 Å². The van der Waals surface area contributed by atoms with Gasteiger partial charge >= 0.3 is 0 Å². The Kier molecular flexibility index (Phi) is 5.42. The molecule has 1 aliphatic carbocycles. The number of benzene rings is 1.